The summed E-state index contributed by atoms with van der Waals surface area (Å²) in [7, 11) is 0. The Bertz CT molecular complexity index is 128. The first-order valence-electron chi connectivity index (χ1n) is 2.94. The zero-order valence-electron chi connectivity index (χ0n) is 6.39. The van der Waals surface area contributed by atoms with Crippen molar-refractivity contribution in [1.82, 2.24) is 0 Å². The summed E-state index contributed by atoms with van der Waals surface area (Å²) in [5.74, 6) is 0. The molecule has 0 spiro atoms. The second-order valence-electron chi connectivity index (χ2n) is 3.32. The van der Waals surface area contributed by atoms with E-state index in [9.17, 15) is 0 Å². The van der Waals surface area contributed by atoms with E-state index in [-0.39, 0.29) is 5.04 Å². The molecular weight excluding hydrogens is 504 g/mol. The van der Waals surface area contributed by atoms with Crippen molar-refractivity contribution in [2.75, 3.05) is 0 Å². The molecule has 0 aromatic heterocycles. The van der Waals surface area contributed by atoms with Crippen LogP contribution >= 0.6 is 76.5 Å². The number of rotatable bonds is 1. The van der Waals surface area contributed by atoms with Gasteiger partial charge in [-0.15, -0.1) is 30.6 Å². The molecule has 0 aliphatic heterocycles. The number of hydrogen-bond donors (Lipinski definition) is 0. The van der Waals surface area contributed by atoms with Gasteiger partial charge >= 0.3 is 0 Å². The monoisotopic (exact) mass is 508 g/mol. The van der Waals surface area contributed by atoms with Gasteiger partial charge in [-0.1, -0.05) is 66.6 Å². The minimum atomic E-state index is -1.61. The van der Waals surface area contributed by atoms with Crippen molar-refractivity contribution < 1.29 is 0 Å². The minimum Gasteiger partial charge on any atom is -0.111 e. The van der Waals surface area contributed by atoms with Crippen molar-refractivity contribution in [2.45, 2.75) is 25.8 Å². The highest BCUT2D eigenvalue weighted by atomic mass is 80.0. The average Bonchev–Trinajstić information content (AvgIpc) is 1.58. The number of hydrogen-bond acceptors (Lipinski definition) is 0. The van der Waals surface area contributed by atoms with E-state index in [2.05, 4.69) is 97.2 Å². The van der Waals surface area contributed by atoms with E-state index in [1.807, 2.05) is 0 Å². The predicted octanol–water partition coefficient (Wildman–Crippen LogP) is 5.22. The van der Waals surface area contributed by atoms with Crippen LogP contribution in [0.15, 0.2) is 0 Å². The Kier molecular flexibility index (Phi) is 5.21. The molecule has 0 rings (SSSR count). The number of halogens is 5. The van der Waals surface area contributed by atoms with Crippen molar-refractivity contribution in [3.8, 4) is 0 Å². The van der Waals surface area contributed by atoms with Gasteiger partial charge < -0.3 is 0 Å². The van der Waals surface area contributed by atoms with Gasteiger partial charge in [-0.3, -0.25) is 0 Å². The molecule has 0 amide bonds. The first kappa shape index (κ1) is 13.8. The lowest BCUT2D eigenvalue weighted by Gasteiger charge is -2.37. The van der Waals surface area contributed by atoms with Crippen molar-refractivity contribution in [3.05, 3.63) is 0 Å². The maximum absolute atomic E-state index is 3.80. The molecule has 0 aromatic rings. The van der Waals surface area contributed by atoms with Crippen molar-refractivity contribution in [1.29, 1.82) is 0 Å². The highest BCUT2D eigenvalue weighted by Gasteiger charge is 2.56. The molecule has 0 saturated carbocycles. The van der Waals surface area contributed by atoms with Crippen molar-refractivity contribution in [2.24, 2.45) is 0 Å². The van der Waals surface area contributed by atoms with Crippen LogP contribution in [0.25, 0.3) is 0 Å². The summed E-state index contributed by atoms with van der Waals surface area (Å²) in [4.78, 5) is -1.59. The summed E-state index contributed by atoms with van der Waals surface area (Å²) in [6, 6.07) is 0. The molecule has 7 heteroatoms. The Morgan fingerprint density at radius 1 is 0.818 bits per heavy atom. The van der Waals surface area contributed by atoms with Gasteiger partial charge in [0.25, 0.3) is 3.45 Å². The Morgan fingerprint density at radius 2 is 1.09 bits per heavy atom. The maximum atomic E-state index is 3.80. The molecule has 0 aromatic carbocycles. The zero-order valence-corrected chi connectivity index (χ0v) is 16.3. The molecule has 0 nitrogen and oxygen atoms in total. The lowest BCUT2D eigenvalue weighted by molar-refractivity contribution is 0.757. The quantitative estimate of drug-likeness (QED) is 0.334. The Hall–Kier alpha value is 2.83. The highest BCUT2D eigenvalue weighted by molar-refractivity contribution is 9.81. The van der Waals surface area contributed by atoms with E-state index >= 15 is 0 Å². The summed E-state index contributed by atoms with van der Waals surface area (Å²) in [6.45, 7) is 6.69. The van der Waals surface area contributed by atoms with Crippen LogP contribution in [0.5, 0.6) is 0 Å². The molecule has 68 valence electrons. The first-order chi connectivity index (χ1) is 4.50. The van der Waals surface area contributed by atoms with Gasteiger partial charge in [-0.05, 0) is 5.04 Å². The van der Waals surface area contributed by atoms with Crippen molar-refractivity contribution >= 4 is 84.7 Å². The summed E-state index contributed by atoms with van der Waals surface area (Å²) in [5, 5.41) is 0.274. The third kappa shape index (κ3) is 3.47. The molecule has 0 bridgehead atoms. The van der Waals surface area contributed by atoms with Crippen LogP contribution in [0.4, 0.5) is 0 Å². The Labute approximate surface area is 109 Å². The van der Waals surface area contributed by atoms with Gasteiger partial charge in [-0.2, -0.15) is 0 Å². The van der Waals surface area contributed by atoms with Crippen LogP contribution in [0.3, 0.4) is 0 Å². The minimum absolute atomic E-state index is 0.274. The van der Waals surface area contributed by atoms with Gasteiger partial charge in [0, 0.05) is 0 Å². The molecule has 0 radical (unpaired) electrons. The summed E-state index contributed by atoms with van der Waals surface area (Å²) >= 11 is 18.6. The molecule has 0 unspecified atom stereocenters. The van der Waals surface area contributed by atoms with Crippen LogP contribution in [-0.2, 0) is 0 Å². The topological polar surface area (TPSA) is 0 Å². The van der Waals surface area contributed by atoms with E-state index in [4.69, 9.17) is 0 Å². The molecule has 0 fully saturated rings. The fourth-order valence-corrected chi connectivity index (χ4v) is 19.9. The fourth-order valence-electron chi connectivity index (χ4n) is 0.425. The maximum Gasteiger partial charge on any atom is 0.279 e. The van der Waals surface area contributed by atoms with Crippen LogP contribution in [0.2, 0.25) is 5.04 Å². The lowest BCUT2D eigenvalue weighted by atomic mass is 10.3. The van der Waals surface area contributed by atoms with E-state index in [0.717, 1.165) is 0 Å². The Balaban J connectivity index is 4.75. The zero-order chi connectivity index (χ0) is 9.50. The smallest absolute Gasteiger partial charge is 0.111 e. The van der Waals surface area contributed by atoms with Gasteiger partial charge in [0.05, 0.1) is 0 Å². The summed E-state index contributed by atoms with van der Waals surface area (Å²) in [5.41, 5.74) is 0. The molecular formula is C4H9Br5Si2. The van der Waals surface area contributed by atoms with E-state index in [1.54, 1.807) is 0 Å². The molecule has 0 heterocycles. The average molecular weight is 513 g/mol. The van der Waals surface area contributed by atoms with E-state index < -0.39 is 8.28 Å². The van der Waals surface area contributed by atoms with Gasteiger partial charge in [0.15, 0.2) is 0 Å². The molecule has 11 heavy (non-hydrogen) atoms. The second-order valence-corrected chi connectivity index (χ2v) is 53.1. The first-order valence-corrected chi connectivity index (χ1v) is 19.2. The normalized spacial score (nSPS) is 15.3. The third-order valence-electron chi connectivity index (χ3n) is 1.30. The Morgan fingerprint density at radius 3 is 1.09 bits per heavy atom. The van der Waals surface area contributed by atoms with Gasteiger partial charge in [-0.25, -0.2) is 0 Å². The van der Waals surface area contributed by atoms with E-state index in [1.165, 1.54) is 0 Å². The SMILES string of the molecule is CC(C)(C)[Si](Br)(Br)[Si](Br)(Br)Br. The van der Waals surface area contributed by atoms with Crippen molar-refractivity contribution in [3.63, 3.8) is 0 Å². The van der Waals surface area contributed by atoms with E-state index in [0.29, 0.717) is 0 Å². The third-order valence-corrected chi connectivity index (χ3v) is 70.9. The van der Waals surface area contributed by atoms with Crippen LogP contribution in [0, 0.1) is 0 Å². The predicted molar refractivity (Wildman–Crippen MR) is 75.9 cm³/mol. The summed E-state index contributed by atoms with van der Waals surface area (Å²) < 4.78 is -1.61. The second kappa shape index (κ2) is 4.14. The largest absolute Gasteiger partial charge is 0.279 e. The molecule has 0 aliphatic rings. The van der Waals surface area contributed by atoms with Crippen LogP contribution < -0.4 is 0 Å². The van der Waals surface area contributed by atoms with Gasteiger partial charge in [0.1, 0.15) is 0 Å². The molecule has 0 saturated heterocycles. The highest BCUT2D eigenvalue weighted by Crippen LogP contribution is 2.56. The van der Waals surface area contributed by atoms with Gasteiger partial charge in [0.2, 0.25) is 4.83 Å². The summed E-state index contributed by atoms with van der Waals surface area (Å²) in [6.07, 6.45) is 0. The molecule has 0 aliphatic carbocycles. The molecule has 0 atom stereocenters. The fraction of sp³-hybridized carbons (Fsp3) is 1.00. The van der Waals surface area contributed by atoms with Crippen LogP contribution in [0.1, 0.15) is 20.8 Å². The standard InChI is InChI=1S/C4H9Br5Si2/c1-4(2,3)10(5,6)11(7,8)9/h1-3H3. The molecule has 0 N–H and O–H groups in total. The lowest BCUT2D eigenvalue weighted by Crippen LogP contribution is -2.47. The van der Waals surface area contributed by atoms with Crippen LogP contribution in [-0.4, -0.2) is 8.28 Å².